The van der Waals surface area contributed by atoms with Crippen molar-refractivity contribution in [2.45, 2.75) is 34.2 Å². The fourth-order valence-corrected chi connectivity index (χ4v) is 2.49. The molecule has 0 fully saturated rings. The number of imidazole rings is 1. The first-order valence-electron chi connectivity index (χ1n) is 7.43. The molecule has 0 aliphatic rings. The quantitative estimate of drug-likeness (QED) is 0.835. The number of carbonyl (C=O) groups excluding carboxylic acids is 2. The van der Waals surface area contributed by atoms with Gasteiger partial charge in [0.2, 0.25) is 0 Å². The van der Waals surface area contributed by atoms with Gasteiger partial charge >= 0.3 is 11.9 Å². The minimum Gasteiger partial charge on any atom is -0.462 e. The van der Waals surface area contributed by atoms with Gasteiger partial charge in [-0.05, 0) is 27.7 Å². The molecule has 0 aliphatic heterocycles. The molecule has 2 rings (SSSR count). The van der Waals surface area contributed by atoms with Crippen molar-refractivity contribution in [2.24, 2.45) is 0 Å². The van der Waals surface area contributed by atoms with Crippen LogP contribution in [0.4, 0.5) is 0 Å². The van der Waals surface area contributed by atoms with E-state index in [2.05, 4.69) is 9.97 Å². The lowest BCUT2D eigenvalue weighted by molar-refractivity contribution is 0.0478. The van der Waals surface area contributed by atoms with Crippen molar-refractivity contribution in [3.05, 3.63) is 27.3 Å². The number of carbonyl (C=O) groups is 2. The van der Waals surface area contributed by atoms with Gasteiger partial charge in [0.1, 0.15) is 22.5 Å². The van der Waals surface area contributed by atoms with E-state index in [9.17, 15) is 14.4 Å². The number of aromatic nitrogens is 3. The molecule has 0 saturated carbocycles. The lowest BCUT2D eigenvalue weighted by Gasteiger charge is -2.11. The molecule has 0 aromatic carbocycles. The molecule has 0 atom stereocenters. The second kappa shape index (κ2) is 6.64. The van der Waals surface area contributed by atoms with Crippen LogP contribution in [0.15, 0.2) is 4.79 Å². The van der Waals surface area contributed by atoms with Crippen LogP contribution in [0.3, 0.4) is 0 Å². The van der Waals surface area contributed by atoms with Crippen LogP contribution in [0.2, 0.25) is 0 Å². The molecule has 23 heavy (non-hydrogen) atoms. The fourth-order valence-electron chi connectivity index (χ4n) is 2.49. The number of fused-ring (bicyclic) bond motifs is 1. The molecular weight excluding hydrogens is 302 g/mol. The van der Waals surface area contributed by atoms with E-state index in [0.717, 1.165) is 0 Å². The predicted octanol–water partition coefficient (Wildman–Crippen LogP) is 1.41. The van der Waals surface area contributed by atoms with Gasteiger partial charge in [-0.15, -0.1) is 0 Å². The van der Waals surface area contributed by atoms with Gasteiger partial charge in [-0.1, -0.05) is 0 Å². The lowest BCUT2D eigenvalue weighted by Crippen LogP contribution is -2.26. The summed E-state index contributed by atoms with van der Waals surface area (Å²) in [5, 5.41) is 0. The zero-order valence-corrected chi connectivity index (χ0v) is 13.6. The first kappa shape index (κ1) is 16.7. The Hall–Kier alpha value is -2.64. The summed E-state index contributed by atoms with van der Waals surface area (Å²) in [6.07, 6.45) is 0. The Morgan fingerprint density at radius 1 is 1.09 bits per heavy atom. The summed E-state index contributed by atoms with van der Waals surface area (Å²) in [4.78, 5) is 43.6. The molecule has 8 nitrogen and oxygen atoms in total. The Balaban J connectivity index is 2.90. The van der Waals surface area contributed by atoms with E-state index in [1.54, 1.807) is 25.3 Å². The van der Waals surface area contributed by atoms with Gasteiger partial charge in [0.25, 0.3) is 5.56 Å². The molecule has 0 aliphatic carbocycles. The Labute approximate surface area is 132 Å². The van der Waals surface area contributed by atoms with Crippen molar-refractivity contribution in [1.82, 2.24) is 14.5 Å². The zero-order valence-electron chi connectivity index (χ0n) is 13.6. The minimum absolute atomic E-state index is 0.0879. The standard InChI is InChI=1S/C15H19N3O5/c1-5-18-8(4)16-12-11(18)9(14(20)22-6-2)10(13(19)17-12)15(21)23-7-3/h5-7H2,1-4H3,(H,17,19). The van der Waals surface area contributed by atoms with E-state index in [4.69, 9.17) is 9.47 Å². The van der Waals surface area contributed by atoms with Crippen LogP contribution >= 0.6 is 0 Å². The Kier molecular flexibility index (Phi) is 4.83. The average Bonchev–Trinajstić information content (AvgIpc) is 2.80. The van der Waals surface area contributed by atoms with Crippen molar-refractivity contribution < 1.29 is 19.1 Å². The number of aromatic amines is 1. The first-order chi connectivity index (χ1) is 11.0. The van der Waals surface area contributed by atoms with Crippen LogP contribution in [0, 0.1) is 6.92 Å². The highest BCUT2D eigenvalue weighted by Gasteiger charge is 2.29. The molecule has 2 aromatic rings. The molecule has 0 radical (unpaired) electrons. The molecule has 124 valence electrons. The fraction of sp³-hybridized carbons (Fsp3) is 0.467. The number of aryl methyl sites for hydroxylation is 2. The van der Waals surface area contributed by atoms with E-state index in [1.165, 1.54) is 0 Å². The number of nitrogens with one attached hydrogen (secondary N) is 1. The van der Waals surface area contributed by atoms with E-state index in [-0.39, 0.29) is 30.0 Å². The highest BCUT2D eigenvalue weighted by atomic mass is 16.5. The molecule has 0 amide bonds. The van der Waals surface area contributed by atoms with E-state index >= 15 is 0 Å². The number of pyridine rings is 1. The molecule has 0 saturated heterocycles. The summed E-state index contributed by atoms with van der Waals surface area (Å²) in [5.74, 6) is -0.994. The van der Waals surface area contributed by atoms with Crippen LogP contribution in [0.25, 0.3) is 11.2 Å². The second-order valence-corrected chi connectivity index (χ2v) is 4.75. The second-order valence-electron chi connectivity index (χ2n) is 4.75. The van der Waals surface area contributed by atoms with Gasteiger partial charge < -0.3 is 19.0 Å². The van der Waals surface area contributed by atoms with Gasteiger partial charge in [-0.25, -0.2) is 14.6 Å². The molecule has 1 N–H and O–H groups in total. The monoisotopic (exact) mass is 321 g/mol. The summed E-state index contributed by atoms with van der Waals surface area (Å²) >= 11 is 0. The predicted molar refractivity (Wildman–Crippen MR) is 82.7 cm³/mol. The van der Waals surface area contributed by atoms with Crippen molar-refractivity contribution in [2.75, 3.05) is 13.2 Å². The SMILES string of the molecule is CCOC(=O)c1c(C(=O)OCC)c2c(nc(C)n2CC)[nH]c1=O. The van der Waals surface area contributed by atoms with Crippen molar-refractivity contribution in [1.29, 1.82) is 0 Å². The number of hydrogen-bond acceptors (Lipinski definition) is 6. The number of hydrogen-bond donors (Lipinski definition) is 1. The smallest absolute Gasteiger partial charge is 0.344 e. The van der Waals surface area contributed by atoms with Crippen molar-refractivity contribution in [3.8, 4) is 0 Å². The van der Waals surface area contributed by atoms with E-state index in [1.807, 2.05) is 6.92 Å². The molecule has 0 bridgehead atoms. The number of ether oxygens (including phenoxy) is 2. The zero-order chi connectivity index (χ0) is 17.1. The normalized spacial score (nSPS) is 10.8. The van der Waals surface area contributed by atoms with Crippen molar-refractivity contribution >= 4 is 23.1 Å². The summed E-state index contributed by atoms with van der Waals surface area (Å²) < 4.78 is 11.7. The molecular formula is C15H19N3O5. The first-order valence-corrected chi connectivity index (χ1v) is 7.43. The Morgan fingerprint density at radius 3 is 2.17 bits per heavy atom. The maximum atomic E-state index is 12.4. The molecule has 2 heterocycles. The van der Waals surface area contributed by atoms with E-state index < -0.39 is 17.5 Å². The summed E-state index contributed by atoms with van der Waals surface area (Å²) in [6, 6.07) is 0. The van der Waals surface area contributed by atoms with Gasteiger partial charge in [0, 0.05) is 6.54 Å². The molecule has 2 aromatic heterocycles. The van der Waals surface area contributed by atoms with Gasteiger partial charge in [0.15, 0.2) is 5.65 Å². The van der Waals surface area contributed by atoms with E-state index in [0.29, 0.717) is 17.9 Å². The Morgan fingerprint density at radius 2 is 1.65 bits per heavy atom. The topological polar surface area (TPSA) is 103 Å². The van der Waals surface area contributed by atoms with Crippen LogP contribution in [-0.4, -0.2) is 39.7 Å². The minimum atomic E-state index is -0.861. The highest BCUT2D eigenvalue weighted by Crippen LogP contribution is 2.22. The maximum absolute atomic E-state index is 12.4. The van der Waals surface area contributed by atoms with Crippen LogP contribution in [0.5, 0.6) is 0 Å². The third kappa shape index (κ3) is 2.84. The number of rotatable bonds is 5. The molecule has 0 spiro atoms. The van der Waals surface area contributed by atoms with Gasteiger partial charge in [-0.3, -0.25) is 4.79 Å². The van der Waals surface area contributed by atoms with Crippen LogP contribution < -0.4 is 5.56 Å². The summed E-state index contributed by atoms with van der Waals surface area (Å²) in [7, 11) is 0. The highest BCUT2D eigenvalue weighted by molar-refractivity contribution is 6.10. The molecule has 8 heteroatoms. The average molecular weight is 321 g/mol. The number of H-pyrrole nitrogens is 1. The summed E-state index contributed by atoms with van der Waals surface area (Å²) in [6.45, 7) is 7.62. The van der Waals surface area contributed by atoms with Crippen LogP contribution in [-0.2, 0) is 16.0 Å². The third-order valence-electron chi connectivity index (χ3n) is 3.38. The third-order valence-corrected chi connectivity index (χ3v) is 3.38. The lowest BCUT2D eigenvalue weighted by atomic mass is 10.1. The van der Waals surface area contributed by atoms with Gasteiger partial charge in [-0.2, -0.15) is 0 Å². The van der Waals surface area contributed by atoms with Crippen molar-refractivity contribution in [3.63, 3.8) is 0 Å². The Bertz CT molecular complexity index is 819. The number of nitrogens with zero attached hydrogens (tertiary/aromatic N) is 2. The van der Waals surface area contributed by atoms with Gasteiger partial charge in [0.05, 0.1) is 13.2 Å². The largest absolute Gasteiger partial charge is 0.462 e. The maximum Gasteiger partial charge on any atom is 0.344 e. The molecule has 0 unspecified atom stereocenters. The number of esters is 2. The van der Waals surface area contributed by atoms with Crippen LogP contribution in [0.1, 0.15) is 47.3 Å². The summed E-state index contributed by atoms with van der Waals surface area (Å²) in [5.41, 5.74) is -0.574.